The van der Waals surface area contributed by atoms with Crippen LogP contribution in [-0.2, 0) is 0 Å². The van der Waals surface area contributed by atoms with Crippen LogP contribution >= 0.6 is 22.6 Å². The predicted molar refractivity (Wildman–Crippen MR) is 57.7 cm³/mol. The van der Waals surface area contributed by atoms with Gasteiger partial charge in [-0.1, -0.05) is 6.07 Å². The van der Waals surface area contributed by atoms with Crippen LogP contribution in [0.5, 0.6) is 0 Å². The molecule has 2 unspecified atom stereocenters. The summed E-state index contributed by atoms with van der Waals surface area (Å²) >= 11 is 2.02. The van der Waals surface area contributed by atoms with Gasteiger partial charge in [0.15, 0.2) is 0 Å². The Morgan fingerprint density at radius 3 is 2.62 bits per heavy atom. The molecule has 1 aromatic carbocycles. The molecule has 13 heavy (non-hydrogen) atoms. The second-order valence-electron chi connectivity index (χ2n) is 2.93. The molecule has 2 atom stereocenters. The van der Waals surface area contributed by atoms with E-state index in [-0.39, 0.29) is 5.82 Å². The lowest BCUT2D eigenvalue weighted by Gasteiger charge is -2.15. The van der Waals surface area contributed by atoms with Crippen LogP contribution in [0.2, 0.25) is 0 Å². The lowest BCUT2D eigenvalue weighted by molar-refractivity contribution is 0.162. The summed E-state index contributed by atoms with van der Waals surface area (Å²) < 4.78 is 14.1. The Hall–Kier alpha value is -0.200. The van der Waals surface area contributed by atoms with Crippen molar-refractivity contribution in [2.45, 2.75) is 19.1 Å². The molecule has 0 fully saturated rings. The number of hydrogen-bond donors (Lipinski definition) is 2. The molecule has 0 radical (unpaired) electrons. The van der Waals surface area contributed by atoms with E-state index in [1.807, 2.05) is 22.6 Å². The monoisotopic (exact) mass is 295 g/mol. The highest BCUT2D eigenvalue weighted by Crippen LogP contribution is 2.19. The van der Waals surface area contributed by atoms with Crippen LogP contribution < -0.4 is 5.73 Å². The zero-order chi connectivity index (χ0) is 10.0. The zero-order valence-corrected chi connectivity index (χ0v) is 9.32. The standard InChI is InChI=1S/C9H11FINO/c1-5(13)9(12)7-3-2-6(11)4-8(7)10/h2-5,9,13H,12H2,1H3. The first kappa shape index (κ1) is 10.9. The fraction of sp³-hybridized carbons (Fsp3) is 0.333. The quantitative estimate of drug-likeness (QED) is 0.817. The molecule has 1 aromatic rings. The van der Waals surface area contributed by atoms with Gasteiger partial charge in [-0.2, -0.15) is 0 Å². The molecule has 0 aliphatic carbocycles. The van der Waals surface area contributed by atoms with Crippen molar-refractivity contribution in [3.8, 4) is 0 Å². The fourth-order valence-corrected chi connectivity index (χ4v) is 1.48. The van der Waals surface area contributed by atoms with Crippen LogP contribution in [0, 0.1) is 9.39 Å². The summed E-state index contributed by atoms with van der Waals surface area (Å²) in [4.78, 5) is 0. The highest BCUT2D eigenvalue weighted by atomic mass is 127. The molecule has 0 saturated carbocycles. The van der Waals surface area contributed by atoms with E-state index in [1.54, 1.807) is 19.1 Å². The average Bonchev–Trinajstić information content (AvgIpc) is 2.03. The molecule has 0 aliphatic heterocycles. The maximum Gasteiger partial charge on any atom is 0.129 e. The smallest absolute Gasteiger partial charge is 0.129 e. The van der Waals surface area contributed by atoms with Crippen molar-refractivity contribution in [1.82, 2.24) is 0 Å². The maximum absolute atomic E-state index is 13.3. The van der Waals surface area contributed by atoms with Crippen molar-refractivity contribution in [3.05, 3.63) is 33.1 Å². The molecule has 4 heteroatoms. The second kappa shape index (κ2) is 4.34. The van der Waals surface area contributed by atoms with Gasteiger partial charge in [0.25, 0.3) is 0 Å². The van der Waals surface area contributed by atoms with Crippen molar-refractivity contribution < 1.29 is 9.50 Å². The van der Waals surface area contributed by atoms with Gasteiger partial charge in [-0.3, -0.25) is 0 Å². The van der Waals surface area contributed by atoms with Crippen LogP contribution in [0.1, 0.15) is 18.5 Å². The van der Waals surface area contributed by atoms with E-state index in [0.29, 0.717) is 5.56 Å². The van der Waals surface area contributed by atoms with Crippen LogP contribution in [0.15, 0.2) is 18.2 Å². The normalized spacial score (nSPS) is 15.5. The van der Waals surface area contributed by atoms with Gasteiger partial charge in [0.1, 0.15) is 5.82 Å². The molecule has 0 spiro atoms. The van der Waals surface area contributed by atoms with E-state index in [4.69, 9.17) is 5.73 Å². The summed E-state index contributed by atoms with van der Waals surface area (Å²) in [6, 6.07) is 4.12. The Morgan fingerprint density at radius 1 is 1.54 bits per heavy atom. The third kappa shape index (κ3) is 2.62. The van der Waals surface area contributed by atoms with Gasteiger partial charge in [0.05, 0.1) is 12.1 Å². The Morgan fingerprint density at radius 2 is 2.15 bits per heavy atom. The van der Waals surface area contributed by atoms with E-state index >= 15 is 0 Å². The van der Waals surface area contributed by atoms with Crippen molar-refractivity contribution in [3.63, 3.8) is 0 Å². The van der Waals surface area contributed by atoms with Crippen LogP contribution in [-0.4, -0.2) is 11.2 Å². The first-order valence-corrected chi connectivity index (χ1v) is 4.99. The number of halogens is 2. The highest BCUT2D eigenvalue weighted by molar-refractivity contribution is 14.1. The SMILES string of the molecule is CC(O)C(N)c1ccc(I)cc1F. The summed E-state index contributed by atoms with van der Waals surface area (Å²) in [5.41, 5.74) is 5.95. The lowest BCUT2D eigenvalue weighted by Crippen LogP contribution is -2.24. The minimum absolute atomic E-state index is 0.357. The van der Waals surface area contributed by atoms with Crippen molar-refractivity contribution >= 4 is 22.6 Å². The van der Waals surface area contributed by atoms with Crippen molar-refractivity contribution in [2.24, 2.45) is 5.73 Å². The molecule has 0 aliphatic rings. The Balaban J connectivity index is 3.01. The molecule has 72 valence electrons. The first-order valence-electron chi connectivity index (χ1n) is 3.91. The second-order valence-corrected chi connectivity index (χ2v) is 4.18. The molecular formula is C9H11FINO. The van der Waals surface area contributed by atoms with E-state index in [0.717, 1.165) is 3.57 Å². The molecule has 1 rings (SSSR count). The minimum atomic E-state index is -0.741. The third-order valence-corrected chi connectivity index (χ3v) is 2.51. The van der Waals surface area contributed by atoms with Crippen molar-refractivity contribution in [1.29, 1.82) is 0 Å². The van der Waals surface area contributed by atoms with Gasteiger partial charge >= 0.3 is 0 Å². The number of hydrogen-bond acceptors (Lipinski definition) is 2. The van der Waals surface area contributed by atoms with E-state index in [2.05, 4.69) is 0 Å². The van der Waals surface area contributed by atoms with Crippen molar-refractivity contribution in [2.75, 3.05) is 0 Å². The van der Waals surface area contributed by atoms with E-state index in [9.17, 15) is 9.50 Å². The molecule has 0 heterocycles. The third-order valence-electron chi connectivity index (χ3n) is 1.84. The minimum Gasteiger partial charge on any atom is -0.391 e. The maximum atomic E-state index is 13.3. The summed E-state index contributed by atoms with van der Waals surface area (Å²) in [7, 11) is 0. The summed E-state index contributed by atoms with van der Waals surface area (Å²) in [6.45, 7) is 1.54. The molecule has 0 aromatic heterocycles. The molecule has 0 saturated heterocycles. The van der Waals surface area contributed by atoms with E-state index < -0.39 is 12.1 Å². The van der Waals surface area contributed by atoms with E-state index in [1.165, 1.54) is 6.07 Å². The Bertz CT molecular complexity index is 304. The number of aliphatic hydroxyl groups excluding tert-OH is 1. The van der Waals surface area contributed by atoms with Gasteiger partial charge < -0.3 is 10.8 Å². The Labute approximate surface area is 90.1 Å². The zero-order valence-electron chi connectivity index (χ0n) is 7.17. The molecule has 2 nitrogen and oxygen atoms in total. The summed E-state index contributed by atoms with van der Waals surface area (Å²) in [5.74, 6) is -0.361. The number of aliphatic hydroxyl groups is 1. The molecule has 0 amide bonds. The number of benzene rings is 1. The van der Waals surface area contributed by atoms with Crippen LogP contribution in [0.25, 0.3) is 0 Å². The van der Waals surface area contributed by atoms with Gasteiger partial charge in [-0.05, 0) is 41.6 Å². The average molecular weight is 295 g/mol. The van der Waals surface area contributed by atoms with Crippen LogP contribution in [0.3, 0.4) is 0 Å². The first-order chi connectivity index (χ1) is 6.02. The molecular weight excluding hydrogens is 284 g/mol. The van der Waals surface area contributed by atoms with Crippen LogP contribution in [0.4, 0.5) is 4.39 Å². The fourth-order valence-electron chi connectivity index (χ4n) is 1.03. The van der Waals surface area contributed by atoms with Gasteiger partial charge in [-0.15, -0.1) is 0 Å². The topological polar surface area (TPSA) is 46.2 Å². The van der Waals surface area contributed by atoms with Gasteiger partial charge in [-0.25, -0.2) is 4.39 Å². The Kier molecular flexibility index (Phi) is 3.63. The molecule has 3 N–H and O–H groups in total. The summed E-state index contributed by atoms with van der Waals surface area (Å²) in [5, 5.41) is 9.17. The predicted octanol–water partition coefficient (Wildman–Crippen LogP) is 1.81. The summed E-state index contributed by atoms with van der Waals surface area (Å²) in [6.07, 6.45) is -0.741. The molecule has 0 bridgehead atoms. The number of rotatable bonds is 2. The highest BCUT2D eigenvalue weighted by Gasteiger charge is 2.15. The number of nitrogens with two attached hydrogens (primary N) is 1. The van der Waals surface area contributed by atoms with Gasteiger partial charge in [0.2, 0.25) is 0 Å². The lowest BCUT2D eigenvalue weighted by atomic mass is 10.0. The largest absolute Gasteiger partial charge is 0.391 e. The van der Waals surface area contributed by atoms with Gasteiger partial charge in [0, 0.05) is 9.13 Å².